The summed E-state index contributed by atoms with van der Waals surface area (Å²) in [5.74, 6) is 0. The summed E-state index contributed by atoms with van der Waals surface area (Å²) < 4.78 is 86.6. The fourth-order valence-electron chi connectivity index (χ4n) is 1.90. The van der Waals surface area contributed by atoms with E-state index in [1.165, 1.54) is 12.1 Å². The molecule has 0 heterocycles. The third-order valence-corrected chi connectivity index (χ3v) is 10.5. The number of sulfonamides is 1. The number of nitrogens with zero attached hydrogens (tertiary/aromatic N) is 1. The third-order valence-electron chi connectivity index (χ3n) is 2.69. The summed E-state index contributed by atoms with van der Waals surface area (Å²) in [7, 11) is -14.3. The van der Waals surface area contributed by atoms with Crippen molar-refractivity contribution in [3.63, 3.8) is 0 Å². The van der Waals surface area contributed by atoms with Gasteiger partial charge in [-0.05, 0) is 32.9 Å². The lowest BCUT2D eigenvalue weighted by Crippen LogP contribution is -2.68. The monoisotopic (exact) mass is 481 g/mol. The van der Waals surface area contributed by atoms with Crippen molar-refractivity contribution in [3.05, 3.63) is 29.8 Å². The van der Waals surface area contributed by atoms with Gasteiger partial charge in [0.05, 0.1) is 28.0 Å². The first kappa shape index (κ1) is 27.6. The Labute approximate surface area is 168 Å². The lowest BCUT2D eigenvalue weighted by Gasteiger charge is -2.21. The summed E-state index contributed by atoms with van der Waals surface area (Å²) >= 11 is 0. The second-order valence-corrected chi connectivity index (χ2v) is 14.3. The van der Waals surface area contributed by atoms with Crippen molar-refractivity contribution in [1.29, 1.82) is 0 Å². The maximum atomic E-state index is 12.6. The predicted molar refractivity (Wildman–Crippen MR) is 95.7 cm³/mol. The molecule has 0 saturated carbocycles. The van der Waals surface area contributed by atoms with Crippen LogP contribution in [0.1, 0.15) is 19.4 Å². The third kappa shape index (κ3) is 12.2. The summed E-state index contributed by atoms with van der Waals surface area (Å²) in [5, 5.41) is 0. The van der Waals surface area contributed by atoms with Crippen molar-refractivity contribution in [3.8, 4) is 0 Å². The van der Waals surface area contributed by atoms with Gasteiger partial charge in [-0.2, -0.15) is 8.42 Å². The number of benzene rings is 1. The number of hydrogen-bond acceptors (Lipinski definition) is 9. The molecule has 0 aliphatic carbocycles. The van der Waals surface area contributed by atoms with E-state index in [2.05, 4.69) is 4.15 Å². The molecule has 0 atom stereocenters. The minimum absolute atomic E-state index is 0.0211. The van der Waals surface area contributed by atoms with Gasteiger partial charge < -0.3 is 9.05 Å². The highest BCUT2D eigenvalue weighted by molar-refractivity contribution is 8.07. The maximum absolute atomic E-state index is 12.6. The van der Waals surface area contributed by atoms with E-state index in [1.807, 2.05) is 6.92 Å². The largest absolute Gasteiger partial charge is 0.320 e. The molecular weight excluding hydrogens is 457 g/mol. The molecule has 1 aromatic rings. The molecule has 0 saturated heterocycles. The van der Waals surface area contributed by atoms with Gasteiger partial charge in [0.25, 0.3) is 17.5 Å². The van der Waals surface area contributed by atoms with Crippen molar-refractivity contribution in [2.24, 2.45) is 4.15 Å². The Morgan fingerprint density at radius 1 is 1.04 bits per heavy atom. The van der Waals surface area contributed by atoms with Gasteiger partial charge in [-0.1, -0.05) is 17.7 Å². The molecule has 0 radical (unpaired) electrons. The van der Waals surface area contributed by atoms with Gasteiger partial charge in [0.15, 0.2) is 5.49 Å². The minimum Gasteiger partial charge on any atom is -0.320 e. The Morgan fingerprint density at radius 3 is 1.75 bits per heavy atom. The molecule has 1 rings (SSSR count). The molecule has 0 aliphatic heterocycles. The van der Waals surface area contributed by atoms with Crippen molar-refractivity contribution in [2.75, 3.05) is 31.2 Å². The minimum atomic E-state index is -4.94. The van der Waals surface area contributed by atoms with E-state index >= 15 is 0 Å². The molecule has 1 aromatic carbocycles. The van der Waals surface area contributed by atoms with Crippen LogP contribution in [-0.2, 0) is 33.2 Å². The Morgan fingerprint density at radius 2 is 1.43 bits per heavy atom. The van der Waals surface area contributed by atoms with E-state index in [1.54, 1.807) is 38.5 Å². The van der Waals surface area contributed by atoms with Crippen LogP contribution in [0.4, 0.5) is 0 Å². The molecule has 0 bridgehead atoms. The van der Waals surface area contributed by atoms with Crippen LogP contribution in [-0.4, -0.2) is 39.6 Å². The Bertz CT molecular complexity index is 800. The number of halogens is 1. The second-order valence-electron chi connectivity index (χ2n) is 5.79. The van der Waals surface area contributed by atoms with Crippen LogP contribution in [0.5, 0.6) is 0 Å². The van der Waals surface area contributed by atoms with Crippen molar-refractivity contribution in [2.45, 2.75) is 25.7 Å². The van der Waals surface area contributed by atoms with Crippen molar-refractivity contribution < 1.29 is 50.6 Å². The predicted octanol–water partition coefficient (Wildman–Crippen LogP) is -1.25. The van der Waals surface area contributed by atoms with Gasteiger partial charge in [0.2, 0.25) is 0 Å². The van der Waals surface area contributed by atoms with Crippen LogP contribution in [0.3, 0.4) is 0 Å². The standard InChI is InChI=1S/C14H25NO5PS2.ClHO4/c1-6-19-21(20-7-2,12-22(4,5)16)15-23(17,18)14-10-8-13(3)9-11-14;2-1(3,4)5/h8-11H,6-7,12H2,1-5H3;(H,2,3,4,5)/q+1;/p-1. The summed E-state index contributed by atoms with van der Waals surface area (Å²) in [6.45, 7) is 5.80. The van der Waals surface area contributed by atoms with Gasteiger partial charge in [-0.3, -0.25) is 0 Å². The summed E-state index contributed by atoms with van der Waals surface area (Å²) in [6, 6.07) is 6.39. The molecule has 0 unspecified atom stereocenters. The highest BCUT2D eigenvalue weighted by Gasteiger charge is 2.35. The van der Waals surface area contributed by atoms with Gasteiger partial charge in [0, 0.05) is 0 Å². The number of rotatable bonds is 8. The molecular formula is C14H25ClNO9PS2. The van der Waals surface area contributed by atoms with Gasteiger partial charge in [-0.15, -0.1) is 18.6 Å². The molecule has 164 valence electrons. The van der Waals surface area contributed by atoms with Gasteiger partial charge in [0.1, 0.15) is 12.5 Å². The van der Waals surface area contributed by atoms with Crippen LogP contribution in [0.2, 0.25) is 0 Å². The maximum Gasteiger partial charge on any atom is 0.285 e. The van der Waals surface area contributed by atoms with E-state index in [4.69, 9.17) is 27.7 Å². The summed E-state index contributed by atoms with van der Waals surface area (Å²) in [6.07, 6.45) is 3.10. The highest BCUT2D eigenvalue weighted by Crippen LogP contribution is 2.55. The average molecular weight is 482 g/mol. The first-order valence-electron chi connectivity index (χ1n) is 7.80. The molecule has 0 N–H and O–H groups in total. The molecule has 28 heavy (non-hydrogen) atoms. The van der Waals surface area contributed by atoms with Crippen molar-refractivity contribution >= 4 is 27.5 Å². The molecule has 0 fully saturated rings. The molecule has 0 amide bonds. The normalized spacial score (nSPS) is 12.9. The van der Waals surface area contributed by atoms with Crippen molar-refractivity contribution in [1.82, 2.24) is 0 Å². The van der Waals surface area contributed by atoms with E-state index in [-0.39, 0.29) is 23.6 Å². The number of aryl methyl sites for hydroxylation is 1. The van der Waals surface area contributed by atoms with Crippen LogP contribution < -0.4 is 18.6 Å². The van der Waals surface area contributed by atoms with E-state index in [0.717, 1.165) is 5.56 Å². The molecule has 10 nitrogen and oxygen atoms in total. The zero-order valence-corrected chi connectivity index (χ0v) is 19.5. The van der Waals surface area contributed by atoms with E-state index in [0.29, 0.717) is 0 Å². The lowest BCUT2D eigenvalue weighted by molar-refractivity contribution is -2.00. The number of hydrogen-bond donors (Lipinski definition) is 0. The molecule has 0 spiro atoms. The Hall–Kier alpha value is -0.400. The summed E-state index contributed by atoms with van der Waals surface area (Å²) in [4.78, 5) is 0.0746. The van der Waals surface area contributed by atoms with Crippen LogP contribution >= 0.6 is 7.51 Å². The quantitative estimate of drug-likeness (QED) is 0.324. The van der Waals surface area contributed by atoms with E-state index < -0.39 is 37.7 Å². The van der Waals surface area contributed by atoms with E-state index in [9.17, 15) is 12.6 Å². The smallest absolute Gasteiger partial charge is 0.285 e. The van der Waals surface area contributed by atoms with Gasteiger partial charge in [-0.25, -0.2) is 18.6 Å². The van der Waals surface area contributed by atoms with Crippen LogP contribution in [0.15, 0.2) is 33.3 Å². The zero-order chi connectivity index (χ0) is 22.2. The first-order valence-corrected chi connectivity index (χ1v) is 14.8. The fourth-order valence-corrected chi connectivity index (χ4v) is 9.68. The Kier molecular flexibility index (Phi) is 11.0. The van der Waals surface area contributed by atoms with Crippen LogP contribution in [0.25, 0.3) is 0 Å². The van der Waals surface area contributed by atoms with Gasteiger partial charge >= 0.3 is 0 Å². The Balaban J connectivity index is 0.00000129. The fraction of sp³-hybridized carbons (Fsp3) is 0.571. The molecule has 0 aromatic heterocycles. The molecule has 14 heteroatoms. The second kappa shape index (κ2) is 11.1. The lowest BCUT2D eigenvalue weighted by atomic mass is 10.2. The average Bonchev–Trinajstić information content (AvgIpc) is 2.43. The van der Waals surface area contributed by atoms with Crippen LogP contribution in [0, 0.1) is 17.2 Å². The first-order chi connectivity index (χ1) is 12.5. The topological polar surface area (TPSA) is 174 Å². The highest BCUT2D eigenvalue weighted by atomic mass is 35.7. The molecule has 0 aliphatic rings. The summed E-state index contributed by atoms with van der Waals surface area (Å²) in [5.41, 5.74) is 0.928. The zero-order valence-electron chi connectivity index (χ0n) is 16.2. The SMILES string of the molecule is CCOP(C[S+](C)(C)=O)(=NS(=O)(=O)c1ccc(C)cc1)OCC.[O-][Cl+3]([O-])([O-])[O-].